The van der Waals surface area contributed by atoms with E-state index in [1.54, 1.807) is 18.7 Å². The van der Waals surface area contributed by atoms with Crippen molar-refractivity contribution >= 4 is 11.7 Å². The standard InChI is InChI=1S/C18H22N6O/c25-17(13-1-2-13)24-8-3-14-16(22-12-21-14)18(24)4-9-23(10-5-18)15-11-19-6-7-20-15/h6-7,11-13H,1-5,8-10H2,(H,21,22). The highest BCUT2D eigenvalue weighted by Crippen LogP contribution is 2.45. The Morgan fingerprint density at radius 3 is 2.72 bits per heavy atom. The van der Waals surface area contributed by atoms with Crippen LogP contribution in [0.25, 0.3) is 0 Å². The molecule has 2 aromatic rings. The topological polar surface area (TPSA) is 78.0 Å². The first-order chi connectivity index (χ1) is 12.3. The van der Waals surface area contributed by atoms with Crippen molar-refractivity contribution in [2.24, 2.45) is 5.92 Å². The van der Waals surface area contributed by atoms with Gasteiger partial charge in [-0.1, -0.05) is 0 Å². The summed E-state index contributed by atoms with van der Waals surface area (Å²) in [5, 5.41) is 0. The summed E-state index contributed by atoms with van der Waals surface area (Å²) in [6.45, 7) is 2.52. The Labute approximate surface area is 146 Å². The number of H-pyrrole nitrogens is 1. The number of nitrogens with one attached hydrogen (secondary N) is 1. The van der Waals surface area contributed by atoms with E-state index in [0.29, 0.717) is 5.91 Å². The fraction of sp³-hybridized carbons (Fsp3) is 0.556. The SMILES string of the molecule is O=C(C1CC1)N1CCc2[nH]cnc2C12CCN(c1cnccn1)CC2. The molecule has 7 heteroatoms. The van der Waals surface area contributed by atoms with Gasteiger partial charge in [-0.3, -0.25) is 9.78 Å². The molecule has 7 nitrogen and oxygen atoms in total. The maximum Gasteiger partial charge on any atom is 0.226 e. The molecule has 0 radical (unpaired) electrons. The van der Waals surface area contributed by atoms with Gasteiger partial charge in [0.1, 0.15) is 5.82 Å². The van der Waals surface area contributed by atoms with Gasteiger partial charge in [0.05, 0.1) is 23.8 Å². The van der Waals surface area contributed by atoms with Gasteiger partial charge in [0.2, 0.25) is 5.91 Å². The zero-order chi connectivity index (χ0) is 16.9. The van der Waals surface area contributed by atoms with Gasteiger partial charge >= 0.3 is 0 Å². The van der Waals surface area contributed by atoms with Crippen LogP contribution in [-0.2, 0) is 16.8 Å². The molecule has 2 aliphatic heterocycles. The summed E-state index contributed by atoms with van der Waals surface area (Å²) >= 11 is 0. The predicted octanol–water partition coefficient (Wildman–Crippen LogP) is 1.49. The molecule has 25 heavy (non-hydrogen) atoms. The van der Waals surface area contributed by atoms with Gasteiger partial charge in [0.15, 0.2) is 0 Å². The van der Waals surface area contributed by atoms with Crippen LogP contribution >= 0.6 is 0 Å². The van der Waals surface area contributed by atoms with E-state index in [9.17, 15) is 4.79 Å². The molecule has 1 saturated heterocycles. The Bertz CT molecular complexity index is 776. The smallest absolute Gasteiger partial charge is 0.226 e. The highest BCUT2D eigenvalue weighted by molar-refractivity contribution is 5.82. The van der Waals surface area contributed by atoms with Crippen LogP contribution in [-0.4, -0.2) is 50.4 Å². The van der Waals surface area contributed by atoms with Gasteiger partial charge in [0.25, 0.3) is 0 Å². The van der Waals surface area contributed by atoms with Gasteiger partial charge in [-0.2, -0.15) is 0 Å². The number of hydrogen-bond acceptors (Lipinski definition) is 5. The molecular weight excluding hydrogens is 316 g/mol. The van der Waals surface area contributed by atoms with Crippen molar-refractivity contribution in [3.8, 4) is 0 Å². The molecule has 2 fully saturated rings. The maximum atomic E-state index is 13.0. The van der Waals surface area contributed by atoms with Crippen molar-refractivity contribution in [2.75, 3.05) is 24.5 Å². The fourth-order valence-electron chi connectivity index (χ4n) is 4.42. The first kappa shape index (κ1) is 14.9. The Hall–Kier alpha value is -2.44. The van der Waals surface area contributed by atoms with Gasteiger partial charge < -0.3 is 14.8 Å². The molecule has 1 saturated carbocycles. The number of rotatable bonds is 2. The molecular formula is C18H22N6O. The summed E-state index contributed by atoms with van der Waals surface area (Å²) in [7, 11) is 0. The Balaban J connectivity index is 1.46. The van der Waals surface area contributed by atoms with E-state index >= 15 is 0 Å². The lowest BCUT2D eigenvalue weighted by Gasteiger charge is -2.50. The van der Waals surface area contributed by atoms with Crippen LogP contribution < -0.4 is 4.90 Å². The minimum atomic E-state index is -0.258. The van der Waals surface area contributed by atoms with E-state index in [1.807, 2.05) is 6.20 Å². The van der Waals surface area contributed by atoms with Crippen molar-refractivity contribution in [3.63, 3.8) is 0 Å². The molecule has 0 aromatic carbocycles. The predicted molar refractivity (Wildman–Crippen MR) is 91.9 cm³/mol. The molecule has 4 heterocycles. The van der Waals surface area contributed by atoms with E-state index in [-0.39, 0.29) is 11.5 Å². The van der Waals surface area contributed by atoms with Gasteiger partial charge in [-0.25, -0.2) is 9.97 Å². The number of imidazole rings is 1. The summed E-state index contributed by atoms with van der Waals surface area (Å²) in [4.78, 5) is 33.9. The first-order valence-electron chi connectivity index (χ1n) is 9.13. The molecule has 3 aliphatic rings. The molecule has 2 aromatic heterocycles. The number of carbonyl (C=O) groups excluding carboxylic acids is 1. The number of aromatic nitrogens is 4. The highest BCUT2D eigenvalue weighted by atomic mass is 16.2. The number of piperidine rings is 1. The third-order valence-electron chi connectivity index (χ3n) is 5.92. The molecule has 0 bridgehead atoms. The van der Waals surface area contributed by atoms with Crippen molar-refractivity contribution in [1.82, 2.24) is 24.8 Å². The molecule has 0 atom stereocenters. The number of carbonyl (C=O) groups is 1. The minimum absolute atomic E-state index is 0.246. The summed E-state index contributed by atoms with van der Waals surface area (Å²) in [5.74, 6) is 1.49. The number of amides is 1. The Morgan fingerprint density at radius 2 is 2.00 bits per heavy atom. The Morgan fingerprint density at radius 1 is 1.16 bits per heavy atom. The van der Waals surface area contributed by atoms with Crippen LogP contribution in [0.3, 0.4) is 0 Å². The third-order valence-corrected chi connectivity index (χ3v) is 5.92. The number of aromatic amines is 1. The van der Waals surface area contributed by atoms with Crippen LogP contribution in [0.5, 0.6) is 0 Å². The monoisotopic (exact) mass is 338 g/mol. The molecule has 1 aliphatic carbocycles. The van der Waals surface area contributed by atoms with E-state index < -0.39 is 0 Å². The normalized spacial score (nSPS) is 22.1. The average molecular weight is 338 g/mol. The second-order valence-corrected chi connectivity index (χ2v) is 7.33. The van der Waals surface area contributed by atoms with E-state index in [0.717, 1.165) is 63.3 Å². The van der Waals surface area contributed by atoms with Gasteiger partial charge in [-0.05, 0) is 25.7 Å². The zero-order valence-corrected chi connectivity index (χ0v) is 14.2. The summed E-state index contributed by atoms with van der Waals surface area (Å²) in [5.41, 5.74) is 2.03. The van der Waals surface area contributed by atoms with Crippen LogP contribution in [0.2, 0.25) is 0 Å². The average Bonchev–Trinajstić information content (AvgIpc) is 3.40. The second-order valence-electron chi connectivity index (χ2n) is 7.33. The van der Waals surface area contributed by atoms with Crippen molar-refractivity contribution < 1.29 is 4.79 Å². The summed E-state index contributed by atoms with van der Waals surface area (Å²) in [6.07, 6.45) is 11.8. The largest absolute Gasteiger partial charge is 0.355 e. The van der Waals surface area contributed by atoms with E-state index in [2.05, 4.69) is 29.7 Å². The molecule has 1 N–H and O–H groups in total. The lowest BCUT2D eigenvalue weighted by Crippen LogP contribution is -2.58. The lowest BCUT2D eigenvalue weighted by molar-refractivity contribution is -0.142. The Kier molecular flexibility index (Phi) is 3.29. The number of anilines is 1. The molecule has 5 rings (SSSR count). The van der Waals surface area contributed by atoms with Crippen LogP contribution in [0.15, 0.2) is 24.9 Å². The third kappa shape index (κ3) is 2.33. The van der Waals surface area contributed by atoms with Crippen LogP contribution in [0, 0.1) is 5.92 Å². The highest BCUT2D eigenvalue weighted by Gasteiger charge is 2.51. The quantitative estimate of drug-likeness (QED) is 0.898. The number of hydrogen-bond donors (Lipinski definition) is 1. The van der Waals surface area contributed by atoms with Gasteiger partial charge in [-0.15, -0.1) is 0 Å². The van der Waals surface area contributed by atoms with Gasteiger partial charge in [0, 0.05) is 50.1 Å². The fourth-order valence-corrected chi connectivity index (χ4v) is 4.42. The van der Waals surface area contributed by atoms with Crippen LogP contribution in [0.1, 0.15) is 37.1 Å². The molecule has 0 unspecified atom stereocenters. The van der Waals surface area contributed by atoms with Crippen molar-refractivity contribution in [3.05, 3.63) is 36.3 Å². The van der Waals surface area contributed by atoms with E-state index in [4.69, 9.17) is 0 Å². The summed E-state index contributed by atoms with van der Waals surface area (Å²) in [6, 6.07) is 0. The number of fused-ring (bicyclic) bond motifs is 2. The molecule has 1 amide bonds. The lowest BCUT2D eigenvalue weighted by atomic mass is 9.78. The first-order valence-corrected chi connectivity index (χ1v) is 9.13. The zero-order valence-electron chi connectivity index (χ0n) is 14.2. The van der Waals surface area contributed by atoms with E-state index in [1.165, 1.54) is 5.69 Å². The maximum absolute atomic E-state index is 13.0. The van der Waals surface area contributed by atoms with Crippen molar-refractivity contribution in [2.45, 2.75) is 37.6 Å². The number of nitrogens with zero attached hydrogens (tertiary/aromatic N) is 5. The summed E-state index contributed by atoms with van der Waals surface area (Å²) < 4.78 is 0. The molecule has 130 valence electrons. The minimum Gasteiger partial charge on any atom is -0.355 e. The van der Waals surface area contributed by atoms with Crippen molar-refractivity contribution in [1.29, 1.82) is 0 Å². The molecule has 1 spiro atoms. The second kappa shape index (κ2) is 5.54. The van der Waals surface area contributed by atoms with Crippen LogP contribution in [0.4, 0.5) is 5.82 Å².